The van der Waals surface area contributed by atoms with E-state index in [1.54, 1.807) is 60.7 Å². The molecule has 1 atom stereocenters. The maximum absolute atomic E-state index is 13.2. The van der Waals surface area contributed by atoms with Crippen molar-refractivity contribution in [3.63, 3.8) is 0 Å². The largest absolute Gasteiger partial charge is 0.249 e. The summed E-state index contributed by atoms with van der Waals surface area (Å²) in [5.41, 5.74) is 0.597. The summed E-state index contributed by atoms with van der Waals surface area (Å²) in [5, 5.41) is 1.10. The Hall–Kier alpha value is -1.54. The van der Waals surface area contributed by atoms with Gasteiger partial charge in [-0.1, -0.05) is 62.2 Å². The van der Waals surface area contributed by atoms with Gasteiger partial charge in [-0.2, -0.15) is 0 Å². The molecule has 27 heavy (non-hydrogen) atoms. The molecule has 0 radical (unpaired) electrons. The molecule has 0 saturated carbocycles. The number of hydrogen-bond acceptors (Lipinski definition) is 3. The van der Waals surface area contributed by atoms with Gasteiger partial charge in [0.15, 0.2) is 0 Å². The van der Waals surface area contributed by atoms with Gasteiger partial charge >= 0.3 is 0 Å². The predicted molar refractivity (Wildman–Crippen MR) is 116 cm³/mol. The summed E-state index contributed by atoms with van der Waals surface area (Å²) in [6, 6.07) is 22.2. The molecule has 3 aromatic carbocycles. The molecule has 0 aromatic heterocycles. The summed E-state index contributed by atoms with van der Waals surface area (Å²) in [5.74, 6) is 0. The zero-order valence-electron chi connectivity index (χ0n) is 13.9. The third-order valence-corrected chi connectivity index (χ3v) is 7.83. The van der Waals surface area contributed by atoms with Gasteiger partial charge in [0, 0.05) is 13.8 Å². The van der Waals surface area contributed by atoms with Gasteiger partial charge in [-0.05, 0) is 54.1 Å². The highest BCUT2D eigenvalue weighted by Gasteiger charge is 2.19. The molecule has 7 heteroatoms. The van der Waals surface area contributed by atoms with E-state index in [0.717, 1.165) is 14.4 Å². The van der Waals surface area contributed by atoms with E-state index in [-0.39, 0.29) is 9.80 Å². The third kappa shape index (κ3) is 5.04. The van der Waals surface area contributed by atoms with Crippen LogP contribution in [0, 0.1) is 0 Å². The molecular weight excluding hydrogens is 512 g/mol. The fourth-order valence-corrected chi connectivity index (χ4v) is 5.65. The molecule has 3 rings (SSSR count). The van der Waals surface area contributed by atoms with Gasteiger partial charge in [0.05, 0.1) is 26.0 Å². The lowest BCUT2D eigenvalue weighted by Gasteiger charge is -2.09. The summed E-state index contributed by atoms with van der Waals surface area (Å²) in [7, 11) is -5.42. The maximum Gasteiger partial charge on any atom is 0.201 e. The van der Waals surface area contributed by atoms with Crippen molar-refractivity contribution in [3.8, 4) is 0 Å². The SMILES string of the molecule is O=S(/C(=C/S(=O)(=O)c1ccc(Br)cc1)c1ccccc1)c1ccc(Br)cc1. The fraction of sp³-hybridized carbons (Fsp3) is 0. The Balaban J connectivity index is 2.12. The van der Waals surface area contributed by atoms with E-state index < -0.39 is 20.6 Å². The molecule has 0 aliphatic heterocycles. The molecule has 0 aliphatic carbocycles. The van der Waals surface area contributed by atoms with E-state index >= 15 is 0 Å². The minimum absolute atomic E-state index is 0.145. The predicted octanol–water partition coefficient (Wildman–Crippen LogP) is 5.79. The molecule has 0 fully saturated rings. The van der Waals surface area contributed by atoms with Gasteiger partial charge in [0.25, 0.3) is 0 Å². The number of sulfone groups is 1. The molecular formula is C20H14Br2O3S2. The van der Waals surface area contributed by atoms with E-state index in [4.69, 9.17) is 0 Å². The van der Waals surface area contributed by atoms with Crippen LogP contribution in [0.5, 0.6) is 0 Å². The lowest BCUT2D eigenvalue weighted by atomic mass is 10.2. The van der Waals surface area contributed by atoms with E-state index in [9.17, 15) is 12.6 Å². The molecule has 0 saturated heterocycles. The standard InChI is InChI=1S/C20H14Br2O3S2/c21-16-6-10-18(11-7-16)26(23)20(15-4-2-1-3-5-15)14-27(24,25)19-12-8-17(22)9-13-19/h1-14H/b20-14+. The second-order valence-corrected chi connectivity index (χ2v) is 10.6. The van der Waals surface area contributed by atoms with Crippen molar-refractivity contribution in [1.82, 2.24) is 0 Å². The molecule has 3 aromatic rings. The van der Waals surface area contributed by atoms with Gasteiger partial charge in [0.2, 0.25) is 9.84 Å². The Morgan fingerprint density at radius 2 is 1.30 bits per heavy atom. The number of rotatable bonds is 5. The highest BCUT2D eigenvalue weighted by molar-refractivity contribution is 9.10. The first-order valence-electron chi connectivity index (χ1n) is 7.82. The Morgan fingerprint density at radius 3 is 1.85 bits per heavy atom. The number of hydrogen-bond donors (Lipinski definition) is 0. The van der Waals surface area contributed by atoms with Crippen LogP contribution >= 0.6 is 31.9 Å². The molecule has 0 spiro atoms. The lowest BCUT2D eigenvalue weighted by Crippen LogP contribution is -2.02. The van der Waals surface area contributed by atoms with Crippen molar-refractivity contribution in [2.24, 2.45) is 0 Å². The average Bonchev–Trinajstić information content (AvgIpc) is 2.67. The number of benzene rings is 3. The van der Waals surface area contributed by atoms with Crippen molar-refractivity contribution in [1.29, 1.82) is 0 Å². The van der Waals surface area contributed by atoms with Crippen LogP contribution < -0.4 is 0 Å². The molecule has 0 heterocycles. The number of halogens is 2. The smallest absolute Gasteiger partial charge is 0.201 e. The summed E-state index contributed by atoms with van der Waals surface area (Å²) >= 11 is 6.65. The lowest BCUT2D eigenvalue weighted by molar-refractivity contribution is 0.604. The van der Waals surface area contributed by atoms with Crippen LogP contribution in [-0.4, -0.2) is 12.6 Å². The first-order chi connectivity index (χ1) is 12.9. The van der Waals surface area contributed by atoms with Crippen molar-refractivity contribution in [2.75, 3.05) is 0 Å². The van der Waals surface area contributed by atoms with Gasteiger partial charge in [-0.25, -0.2) is 12.6 Å². The average molecular weight is 526 g/mol. The van der Waals surface area contributed by atoms with Gasteiger partial charge < -0.3 is 0 Å². The third-order valence-electron chi connectivity index (χ3n) is 3.69. The highest BCUT2D eigenvalue weighted by atomic mass is 79.9. The Morgan fingerprint density at radius 1 is 0.778 bits per heavy atom. The van der Waals surface area contributed by atoms with E-state index in [2.05, 4.69) is 31.9 Å². The molecule has 3 nitrogen and oxygen atoms in total. The topological polar surface area (TPSA) is 51.2 Å². The summed E-state index contributed by atoms with van der Waals surface area (Å²) < 4.78 is 40.6. The van der Waals surface area contributed by atoms with Gasteiger partial charge in [-0.3, -0.25) is 0 Å². The second-order valence-electron chi connectivity index (χ2n) is 5.57. The minimum atomic E-state index is -3.77. The monoisotopic (exact) mass is 524 g/mol. The molecule has 0 aliphatic rings. The maximum atomic E-state index is 13.2. The first-order valence-corrected chi connectivity index (χ1v) is 12.1. The quantitative estimate of drug-likeness (QED) is 0.423. The molecule has 0 N–H and O–H groups in total. The van der Waals surface area contributed by atoms with E-state index in [1.165, 1.54) is 12.1 Å². The molecule has 1 unspecified atom stereocenters. The highest BCUT2D eigenvalue weighted by Crippen LogP contribution is 2.28. The Kier molecular flexibility index (Phi) is 6.47. The van der Waals surface area contributed by atoms with Crippen LogP contribution in [0.4, 0.5) is 0 Å². The van der Waals surface area contributed by atoms with Crippen LogP contribution in [0.2, 0.25) is 0 Å². The first kappa shape index (κ1) is 20.2. The van der Waals surface area contributed by atoms with Crippen LogP contribution in [0.15, 0.2) is 103 Å². The van der Waals surface area contributed by atoms with Gasteiger partial charge in [0.1, 0.15) is 0 Å². The van der Waals surface area contributed by atoms with Crippen molar-refractivity contribution in [2.45, 2.75) is 9.79 Å². The summed E-state index contributed by atoms with van der Waals surface area (Å²) in [6.07, 6.45) is 0. The van der Waals surface area contributed by atoms with Crippen LogP contribution in [0.25, 0.3) is 4.91 Å². The van der Waals surface area contributed by atoms with E-state index in [0.29, 0.717) is 10.5 Å². The van der Waals surface area contributed by atoms with Crippen molar-refractivity contribution < 1.29 is 12.6 Å². The summed E-state index contributed by atoms with van der Waals surface area (Å²) in [4.78, 5) is 0.909. The van der Waals surface area contributed by atoms with Crippen LogP contribution in [0.3, 0.4) is 0 Å². The molecule has 0 amide bonds. The zero-order valence-corrected chi connectivity index (χ0v) is 18.7. The normalized spacial score (nSPS) is 13.3. The van der Waals surface area contributed by atoms with Crippen LogP contribution in [-0.2, 0) is 20.6 Å². The van der Waals surface area contributed by atoms with Crippen molar-refractivity contribution in [3.05, 3.63) is 98.8 Å². The molecule has 138 valence electrons. The van der Waals surface area contributed by atoms with Crippen molar-refractivity contribution >= 4 is 57.4 Å². The minimum Gasteiger partial charge on any atom is -0.249 e. The fourth-order valence-electron chi connectivity index (χ4n) is 2.34. The zero-order chi connectivity index (χ0) is 19.4. The van der Waals surface area contributed by atoms with E-state index in [1.807, 2.05) is 6.07 Å². The van der Waals surface area contributed by atoms with Crippen LogP contribution in [0.1, 0.15) is 5.56 Å². The Labute approximate surface area is 177 Å². The Bertz CT molecular complexity index is 1090. The van der Waals surface area contributed by atoms with Gasteiger partial charge in [-0.15, -0.1) is 0 Å². The summed E-state index contributed by atoms with van der Waals surface area (Å²) in [6.45, 7) is 0. The second kappa shape index (κ2) is 8.65. The molecule has 0 bridgehead atoms.